The van der Waals surface area contributed by atoms with Crippen molar-refractivity contribution in [3.63, 3.8) is 0 Å². The average Bonchev–Trinajstić information content (AvgIpc) is 3.30. The van der Waals surface area contributed by atoms with E-state index in [2.05, 4.69) is 73.7 Å². The van der Waals surface area contributed by atoms with Crippen LogP contribution in [0.5, 0.6) is 17.4 Å². The molecule has 0 bridgehead atoms. The minimum absolute atomic E-state index is 0.00373. The van der Waals surface area contributed by atoms with Gasteiger partial charge >= 0.3 is 5.97 Å². The molecule has 1 fully saturated rings. The first kappa shape index (κ1) is 36.2. The summed E-state index contributed by atoms with van der Waals surface area (Å²) in [5.41, 5.74) is 4.96. The molecule has 2 heterocycles. The van der Waals surface area contributed by atoms with Gasteiger partial charge < -0.3 is 23.8 Å². The van der Waals surface area contributed by atoms with E-state index in [4.69, 9.17) is 23.9 Å². The minimum atomic E-state index is -0.637. The number of likely N-dealkylation sites (tertiary alicyclic amines) is 1. The van der Waals surface area contributed by atoms with Crippen LogP contribution in [0.4, 0.5) is 0 Å². The molecule has 47 heavy (non-hydrogen) atoms. The monoisotopic (exact) mass is 754 g/mol. The van der Waals surface area contributed by atoms with Crippen LogP contribution in [-0.2, 0) is 32.7 Å². The van der Waals surface area contributed by atoms with Crippen molar-refractivity contribution in [2.24, 2.45) is 0 Å². The zero-order chi connectivity index (χ0) is 34.6. The van der Waals surface area contributed by atoms with Gasteiger partial charge in [-0.1, -0.05) is 51.1 Å². The first-order chi connectivity index (χ1) is 22.1. The fourth-order valence-electron chi connectivity index (χ4n) is 5.57. The van der Waals surface area contributed by atoms with Gasteiger partial charge in [0, 0.05) is 35.6 Å². The fourth-order valence-corrected chi connectivity index (χ4v) is 6.59. The fraction of sp³-hybridized carbons (Fsp3) is 0.447. The van der Waals surface area contributed by atoms with Crippen LogP contribution in [0, 0.1) is 0 Å². The van der Waals surface area contributed by atoms with Crippen LogP contribution in [-0.4, -0.2) is 52.2 Å². The maximum atomic E-state index is 13.4. The van der Waals surface area contributed by atoms with Gasteiger partial charge in [-0.2, -0.15) is 0 Å². The molecular formula is C38H47IN2O6. The highest BCUT2D eigenvalue weighted by molar-refractivity contribution is 14.1. The van der Waals surface area contributed by atoms with Gasteiger partial charge in [-0.05, 0) is 97.0 Å². The quantitative estimate of drug-likeness (QED) is 0.0848. The van der Waals surface area contributed by atoms with E-state index in [1.807, 2.05) is 56.0 Å². The summed E-state index contributed by atoms with van der Waals surface area (Å²) in [6.07, 6.45) is 3.87. The predicted molar refractivity (Wildman–Crippen MR) is 193 cm³/mol. The molecule has 2 aromatic carbocycles. The van der Waals surface area contributed by atoms with Crippen LogP contribution in [0.3, 0.4) is 0 Å². The van der Waals surface area contributed by atoms with Crippen LogP contribution in [0.1, 0.15) is 88.8 Å². The van der Waals surface area contributed by atoms with Crippen molar-refractivity contribution in [2.45, 2.75) is 88.3 Å². The van der Waals surface area contributed by atoms with E-state index < -0.39 is 9.15 Å². The molecule has 0 aliphatic carbocycles. The van der Waals surface area contributed by atoms with E-state index >= 15 is 0 Å². The van der Waals surface area contributed by atoms with E-state index in [0.717, 1.165) is 22.3 Å². The summed E-state index contributed by atoms with van der Waals surface area (Å²) in [5, 5.41) is 0. The van der Waals surface area contributed by atoms with Gasteiger partial charge in [0.05, 0.1) is 33.6 Å². The number of benzene rings is 2. The SMILES string of the molecule is COc1ccc(CN2C(=O)CC[C@@]2(I)C=C(c2ccc(C(C)(C)C)cc2)c2ccc(CCC(=O)OC(C)(C)C)c(OC)n2)c(OC)c1. The molecule has 1 amide bonds. The number of esters is 1. The van der Waals surface area contributed by atoms with Gasteiger partial charge in [-0.25, -0.2) is 4.98 Å². The molecule has 4 rings (SSSR count). The smallest absolute Gasteiger partial charge is 0.306 e. The Bertz CT molecular complexity index is 1620. The molecule has 1 aromatic heterocycles. The molecule has 252 valence electrons. The van der Waals surface area contributed by atoms with Crippen molar-refractivity contribution in [2.75, 3.05) is 21.3 Å². The molecule has 1 atom stereocenters. The Morgan fingerprint density at radius 1 is 0.936 bits per heavy atom. The third kappa shape index (κ3) is 9.06. The van der Waals surface area contributed by atoms with Gasteiger partial charge in [0.1, 0.15) is 20.6 Å². The van der Waals surface area contributed by atoms with Crippen molar-refractivity contribution >= 4 is 40.0 Å². The molecule has 1 aliphatic rings. The lowest BCUT2D eigenvalue weighted by Crippen LogP contribution is -2.39. The Morgan fingerprint density at radius 3 is 2.21 bits per heavy atom. The first-order valence-electron chi connectivity index (χ1n) is 15.9. The van der Waals surface area contributed by atoms with Crippen LogP contribution in [0.2, 0.25) is 0 Å². The maximum Gasteiger partial charge on any atom is 0.306 e. The summed E-state index contributed by atoms with van der Waals surface area (Å²) in [4.78, 5) is 32.7. The van der Waals surface area contributed by atoms with E-state index in [9.17, 15) is 9.59 Å². The normalized spacial score (nSPS) is 17.1. The van der Waals surface area contributed by atoms with Crippen LogP contribution >= 0.6 is 22.6 Å². The molecule has 0 saturated carbocycles. The third-order valence-electron chi connectivity index (χ3n) is 8.12. The highest BCUT2D eigenvalue weighted by atomic mass is 127. The van der Waals surface area contributed by atoms with E-state index in [-0.39, 0.29) is 23.7 Å². The zero-order valence-corrected chi connectivity index (χ0v) is 31.2. The lowest BCUT2D eigenvalue weighted by atomic mass is 9.86. The largest absolute Gasteiger partial charge is 0.497 e. The van der Waals surface area contributed by atoms with Crippen molar-refractivity contribution in [1.29, 1.82) is 0 Å². The number of methoxy groups -OCH3 is 3. The maximum absolute atomic E-state index is 13.4. The number of rotatable bonds is 11. The summed E-state index contributed by atoms with van der Waals surface area (Å²) in [5.74, 6) is 1.61. The molecule has 1 saturated heterocycles. The van der Waals surface area contributed by atoms with E-state index in [0.29, 0.717) is 48.9 Å². The second-order valence-electron chi connectivity index (χ2n) is 13.8. The third-order valence-corrected chi connectivity index (χ3v) is 9.55. The van der Waals surface area contributed by atoms with Crippen molar-refractivity contribution in [3.8, 4) is 17.4 Å². The van der Waals surface area contributed by atoms with E-state index in [1.165, 1.54) is 5.56 Å². The van der Waals surface area contributed by atoms with Crippen molar-refractivity contribution in [3.05, 3.63) is 88.6 Å². The van der Waals surface area contributed by atoms with E-state index in [1.54, 1.807) is 21.3 Å². The molecule has 8 nitrogen and oxygen atoms in total. The number of nitrogens with zero attached hydrogens (tertiary/aromatic N) is 2. The number of amides is 1. The number of hydrogen-bond acceptors (Lipinski definition) is 7. The Labute approximate surface area is 293 Å². The first-order valence-corrected chi connectivity index (χ1v) is 16.9. The standard InChI is InChI=1S/C38H47IN2O6/c1-36(2,3)28-15-10-25(11-16-28)30(31-18-13-26(35(40-31)46-9)14-19-34(43)47-37(4,5)6)23-38(39)21-20-33(42)41(38)24-27-12-17-29(44-7)22-32(27)45-8/h10-13,15-18,22-23H,14,19-21,24H2,1-9H3/t38-/m0/s1. The Hall–Kier alpha value is -3.60. The number of ether oxygens (including phenoxy) is 4. The number of alkyl halides is 1. The number of halogens is 1. The Kier molecular flexibility index (Phi) is 11.3. The van der Waals surface area contributed by atoms with Crippen LogP contribution in [0.25, 0.3) is 5.57 Å². The van der Waals surface area contributed by atoms with Gasteiger partial charge in [0.25, 0.3) is 0 Å². The van der Waals surface area contributed by atoms with Crippen molar-refractivity contribution < 1.29 is 28.5 Å². The molecule has 3 aromatic rings. The number of aromatic nitrogens is 1. The molecule has 9 heteroatoms. The average molecular weight is 755 g/mol. The minimum Gasteiger partial charge on any atom is -0.497 e. The number of pyridine rings is 1. The lowest BCUT2D eigenvalue weighted by Gasteiger charge is -2.32. The number of hydrogen-bond donors (Lipinski definition) is 0. The summed E-state index contributed by atoms with van der Waals surface area (Å²) in [7, 11) is 4.83. The number of aryl methyl sites for hydroxylation is 1. The van der Waals surface area contributed by atoms with Gasteiger partial charge in [-0.15, -0.1) is 0 Å². The number of carbonyl (C=O) groups is 2. The lowest BCUT2D eigenvalue weighted by molar-refractivity contribution is -0.154. The molecule has 1 aliphatic heterocycles. The zero-order valence-electron chi connectivity index (χ0n) is 29.0. The van der Waals surface area contributed by atoms with Gasteiger partial charge in [-0.3, -0.25) is 9.59 Å². The van der Waals surface area contributed by atoms with Crippen LogP contribution < -0.4 is 14.2 Å². The number of carbonyl (C=O) groups excluding carboxylic acids is 2. The van der Waals surface area contributed by atoms with Gasteiger partial charge in [0.2, 0.25) is 11.8 Å². The molecule has 0 spiro atoms. The predicted octanol–water partition coefficient (Wildman–Crippen LogP) is 8.06. The van der Waals surface area contributed by atoms with Crippen LogP contribution in [0.15, 0.2) is 60.7 Å². The topological polar surface area (TPSA) is 87.2 Å². The second kappa shape index (κ2) is 14.7. The summed E-state index contributed by atoms with van der Waals surface area (Å²) >= 11 is 2.40. The highest BCUT2D eigenvalue weighted by Gasteiger charge is 2.42. The summed E-state index contributed by atoms with van der Waals surface area (Å²) < 4.78 is 21.7. The summed E-state index contributed by atoms with van der Waals surface area (Å²) in [6.45, 7) is 12.5. The summed E-state index contributed by atoms with van der Waals surface area (Å²) in [6, 6.07) is 18.1. The second-order valence-corrected chi connectivity index (χ2v) is 15.7. The van der Waals surface area contributed by atoms with Gasteiger partial charge in [0.15, 0.2) is 0 Å². The molecule has 0 unspecified atom stereocenters. The van der Waals surface area contributed by atoms with Crippen molar-refractivity contribution in [1.82, 2.24) is 9.88 Å². The molecule has 0 N–H and O–H groups in total. The molecule has 0 radical (unpaired) electrons. The molecular weight excluding hydrogens is 707 g/mol. The highest BCUT2D eigenvalue weighted by Crippen LogP contribution is 2.43. The Morgan fingerprint density at radius 2 is 1.62 bits per heavy atom. The Balaban J connectivity index is 1.77.